The van der Waals surface area contributed by atoms with Crippen molar-refractivity contribution in [1.29, 1.82) is 0 Å². The number of rotatable bonds is 39. The van der Waals surface area contributed by atoms with Crippen molar-refractivity contribution in [1.82, 2.24) is 5.32 Å². The van der Waals surface area contributed by atoms with Crippen LogP contribution in [0.5, 0.6) is 0 Å². The molecule has 67 heavy (non-hydrogen) atoms. The number of carbonyl (C=O) groups excluding carboxylic acids is 1. The molecule has 0 bridgehead atoms. The Balaban J connectivity index is 1.84. The number of aliphatic hydroxyl groups excluding tert-OH is 8. The zero-order chi connectivity index (χ0) is 48.9. The zero-order valence-electron chi connectivity index (χ0n) is 41.1. The summed E-state index contributed by atoms with van der Waals surface area (Å²) >= 11 is 0. The van der Waals surface area contributed by atoms with Gasteiger partial charge in [0.2, 0.25) is 5.91 Å². The van der Waals surface area contributed by atoms with Crippen LogP contribution in [0.15, 0.2) is 60.8 Å². The monoisotopic (exact) mass is 952 g/mol. The van der Waals surface area contributed by atoms with Gasteiger partial charge in [-0.05, 0) is 57.8 Å². The Morgan fingerprint density at radius 2 is 1.03 bits per heavy atom. The third-order valence-electron chi connectivity index (χ3n) is 12.5. The highest BCUT2D eigenvalue weighted by atomic mass is 16.7. The molecular weight excluding hydrogens is 859 g/mol. The van der Waals surface area contributed by atoms with E-state index in [1.165, 1.54) is 64.2 Å². The molecule has 12 unspecified atom stereocenters. The number of hydrogen-bond acceptors (Lipinski definition) is 13. The molecule has 1 amide bonds. The van der Waals surface area contributed by atoms with E-state index >= 15 is 0 Å². The van der Waals surface area contributed by atoms with Crippen LogP contribution in [0, 0.1) is 0 Å². The van der Waals surface area contributed by atoms with E-state index in [-0.39, 0.29) is 18.9 Å². The molecule has 2 aliphatic heterocycles. The SMILES string of the molecule is CC/C=C\C/C=C\C/C=C\C/C=C\C/C=C\CCCCCC(=O)NC(COC1OC(CO)C(OC2OC(CO)C(O)C(O)C2O)C(O)C1O)C(O)CCCCCCCCCCCCCCCC. The van der Waals surface area contributed by atoms with E-state index in [2.05, 4.69) is 79.9 Å². The second kappa shape index (κ2) is 39.4. The maximum absolute atomic E-state index is 13.2. The molecule has 0 aromatic rings. The molecule has 0 saturated carbocycles. The van der Waals surface area contributed by atoms with Gasteiger partial charge >= 0.3 is 0 Å². The van der Waals surface area contributed by atoms with Crippen molar-refractivity contribution in [2.24, 2.45) is 0 Å². The van der Waals surface area contributed by atoms with Crippen molar-refractivity contribution in [2.45, 2.75) is 248 Å². The molecule has 2 fully saturated rings. The Morgan fingerprint density at radius 3 is 1.57 bits per heavy atom. The van der Waals surface area contributed by atoms with Crippen molar-refractivity contribution < 1.29 is 64.6 Å². The lowest BCUT2D eigenvalue weighted by Crippen LogP contribution is -2.65. The number of nitrogens with one attached hydrogen (secondary N) is 1. The molecule has 2 rings (SSSR count). The molecule has 14 nitrogen and oxygen atoms in total. The summed E-state index contributed by atoms with van der Waals surface area (Å²) in [5, 5.41) is 86.9. The summed E-state index contributed by atoms with van der Waals surface area (Å²) in [5.74, 6) is -0.241. The second-order valence-electron chi connectivity index (χ2n) is 18.3. The first kappa shape index (κ1) is 60.8. The van der Waals surface area contributed by atoms with Crippen molar-refractivity contribution in [3.8, 4) is 0 Å². The molecule has 2 saturated heterocycles. The highest BCUT2D eigenvalue weighted by molar-refractivity contribution is 5.76. The Hall–Kier alpha value is -2.31. The van der Waals surface area contributed by atoms with Crippen LogP contribution in [-0.4, -0.2) is 140 Å². The Kier molecular flexibility index (Phi) is 35.8. The van der Waals surface area contributed by atoms with E-state index in [0.717, 1.165) is 77.0 Å². The van der Waals surface area contributed by atoms with Gasteiger partial charge in [-0.15, -0.1) is 0 Å². The minimum absolute atomic E-state index is 0.241. The Bertz CT molecular complexity index is 1360. The fraction of sp³-hybridized carbons (Fsp3) is 0.792. The molecular formula is C53H93NO13. The first-order chi connectivity index (χ1) is 32.6. The number of hydrogen-bond donors (Lipinski definition) is 9. The van der Waals surface area contributed by atoms with Crippen LogP contribution in [0.4, 0.5) is 0 Å². The normalized spacial score (nSPS) is 27.1. The number of unbranched alkanes of at least 4 members (excludes halogenated alkanes) is 16. The molecule has 0 aliphatic carbocycles. The molecule has 0 aromatic carbocycles. The van der Waals surface area contributed by atoms with Gasteiger partial charge in [0.25, 0.3) is 0 Å². The molecule has 9 N–H and O–H groups in total. The summed E-state index contributed by atoms with van der Waals surface area (Å²) < 4.78 is 22.7. The molecule has 0 aromatic heterocycles. The Morgan fingerprint density at radius 1 is 0.552 bits per heavy atom. The standard InChI is InChI=1S/C53H93NO13/c1-3-5-7-9-11-13-15-17-19-20-21-22-23-25-27-29-31-33-35-37-45(58)54-41(42(57)36-34-32-30-28-26-24-18-16-14-12-10-8-6-4-2)40-64-52-50(63)48(61)51(44(39-56)66-52)67-53-49(62)47(60)46(59)43(38-55)65-53/h5,7,11,13,17,19,21-22,25,27,41-44,46-53,55-57,59-63H,3-4,6,8-10,12,14-16,18,20,23-24,26,28-40H2,1-2H3,(H,54,58)/b7-5-,13-11-,19-17-,22-21-,27-25-. The molecule has 388 valence electrons. The minimum Gasteiger partial charge on any atom is -0.394 e. The molecule has 12 atom stereocenters. The van der Waals surface area contributed by atoms with Gasteiger partial charge in [0.1, 0.15) is 48.8 Å². The highest BCUT2D eigenvalue weighted by Crippen LogP contribution is 2.30. The third kappa shape index (κ3) is 26.5. The molecule has 0 radical (unpaired) electrons. The van der Waals surface area contributed by atoms with Gasteiger partial charge in [0.15, 0.2) is 12.6 Å². The van der Waals surface area contributed by atoms with Crippen molar-refractivity contribution in [2.75, 3.05) is 19.8 Å². The van der Waals surface area contributed by atoms with Crippen LogP contribution in [0.3, 0.4) is 0 Å². The maximum atomic E-state index is 13.2. The predicted molar refractivity (Wildman–Crippen MR) is 263 cm³/mol. The third-order valence-corrected chi connectivity index (χ3v) is 12.5. The molecule has 2 heterocycles. The maximum Gasteiger partial charge on any atom is 0.220 e. The summed E-state index contributed by atoms with van der Waals surface area (Å²) in [4.78, 5) is 13.2. The summed E-state index contributed by atoms with van der Waals surface area (Å²) in [7, 11) is 0. The smallest absolute Gasteiger partial charge is 0.220 e. The van der Waals surface area contributed by atoms with E-state index in [0.29, 0.717) is 12.8 Å². The summed E-state index contributed by atoms with van der Waals surface area (Å²) in [5.41, 5.74) is 0. The fourth-order valence-electron chi connectivity index (χ4n) is 8.26. The topological polar surface area (TPSA) is 228 Å². The van der Waals surface area contributed by atoms with Crippen LogP contribution >= 0.6 is 0 Å². The lowest BCUT2D eigenvalue weighted by Gasteiger charge is -2.46. The summed E-state index contributed by atoms with van der Waals surface area (Å²) in [6, 6.07) is -0.848. The van der Waals surface area contributed by atoms with Gasteiger partial charge in [0, 0.05) is 6.42 Å². The average Bonchev–Trinajstić information content (AvgIpc) is 3.32. The second-order valence-corrected chi connectivity index (χ2v) is 18.3. The van der Waals surface area contributed by atoms with E-state index in [1.54, 1.807) is 0 Å². The van der Waals surface area contributed by atoms with Crippen LogP contribution in [0.1, 0.15) is 174 Å². The molecule has 2 aliphatic rings. The summed E-state index contributed by atoms with van der Waals surface area (Å²) in [6.07, 6.45) is 30.7. The van der Waals surface area contributed by atoms with Crippen molar-refractivity contribution in [3.05, 3.63) is 60.8 Å². The number of aliphatic hydroxyl groups is 8. The largest absolute Gasteiger partial charge is 0.394 e. The van der Waals surface area contributed by atoms with E-state index in [4.69, 9.17) is 18.9 Å². The highest BCUT2D eigenvalue weighted by Gasteiger charge is 2.51. The quantitative estimate of drug-likeness (QED) is 0.0223. The van der Waals surface area contributed by atoms with Gasteiger partial charge in [-0.2, -0.15) is 0 Å². The zero-order valence-corrected chi connectivity index (χ0v) is 41.1. The molecule has 0 spiro atoms. The number of ether oxygens (including phenoxy) is 4. The van der Waals surface area contributed by atoms with Gasteiger partial charge in [-0.25, -0.2) is 0 Å². The van der Waals surface area contributed by atoms with Crippen LogP contribution in [0.2, 0.25) is 0 Å². The fourth-order valence-corrected chi connectivity index (χ4v) is 8.26. The Labute approximate surface area is 403 Å². The van der Waals surface area contributed by atoms with Crippen LogP contribution in [0.25, 0.3) is 0 Å². The first-order valence-electron chi connectivity index (χ1n) is 26.0. The number of allylic oxidation sites excluding steroid dienone is 10. The van der Waals surface area contributed by atoms with Crippen molar-refractivity contribution >= 4 is 5.91 Å². The lowest BCUT2D eigenvalue weighted by atomic mass is 9.97. The summed E-state index contributed by atoms with van der Waals surface area (Å²) in [6.45, 7) is 2.70. The lowest BCUT2D eigenvalue weighted by molar-refractivity contribution is -0.359. The van der Waals surface area contributed by atoms with Gasteiger partial charge < -0.3 is 65.1 Å². The first-order valence-corrected chi connectivity index (χ1v) is 26.0. The van der Waals surface area contributed by atoms with Gasteiger partial charge in [-0.3, -0.25) is 4.79 Å². The van der Waals surface area contributed by atoms with Crippen LogP contribution in [-0.2, 0) is 23.7 Å². The van der Waals surface area contributed by atoms with Crippen molar-refractivity contribution in [3.63, 3.8) is 0 Å². The van der Waals surface area contributed by atoms with Gasteiger partial charge in [0.05, 0.1) is 32.0 Å². The van der Waals surface area contributed by atoms with Crippen LogP contribution < -0.4 is 5.32 Å². The average molecular weight is 952 g/mol. The minimum atomic E-state index is -1.79. The van der Waals surface area contributed by atoms with E-state index in [9.17, 15) is 45.6 Å². The van der Waals surface area contributed by atoms with E-state index in [1.807, 2.05) is 0 Å². The van der Waals surface area contributed by atoms with Gasteiger partial charge in [-0.1, -0.05) is 171 Å². The number of amides is 1. The molecule has 14 heteroatoms. The number of carbonyl (C=O) groups is 1. The van der Waals surface area contributed by atoms with E-state index < -0.39 is 86.8 Å². The predicted octanol–water partition coefficient (Wildman–Crippen LogP) is 7.05.